The van der Waals surface area contributed by atoms with Crippen LogP contribution in [0.2, 0.25) is 0 Å². The average Bonchev–Trinajstić information content (AvgIpc) is 3.42. The van der Waals surface area contributed by atoms with Crippen molar-refractivity contribution < 1.29 is 41.0 Å². The van der Waals surface area contributed by atoms with Gasteiger partial charge in [-0.3, -0.25) is 15.1 Å². The van der Waals surface area contributed by atoms with E-state index in [-0.39, 0.29) is 48.7 Å². The summed E-state index contributed by atoms with van der Waals surface area (Å²) in [5.74, 6) is 4.75. The first-order chi connectivity index (χ1) is 20.6. The maximum absolute atomic E-state index is 14.6. The highest BCUT2D eigenvalue weighted by molar-refractivity contribution is 14.1. The van der Waals surface area contributed by atoms with Gasteiger partial charge in [-0.25, -0.2) is 10.2 Å². The van der Waals surface area contributed by atoms with Crippen LogP contribution in [0.25, 0.3) is 0 Å². The highest BCUT2D eigenvalue weighted by Crippen LogP contribution is 2.34. The van der Waals surface area contributed by atoms with Crippen LogP contribution in [0.3, 0.4) is 0 Å². The molecule has 11 nitrogen and oxygen atoms in total. The molecular weight excluding hydrogens is 733 g/mol. The quantitative estimate of drug-likeness (QED) is 0.0387. The number of nitrogens with zero attached hydrogens (tertiary/aromatic N) is 4. The predicted octanol–water partition coefficient (Wildman–Crippen LogP) is 3.60. The number of carbonyl (C=O) groups is 1. The van der Waals surface area contributed by atoms with Gasteiger partial charge in [0.2, 0.25) is 5.01 Å². The second-order valence-electron chi connectivity index (χ2n) is 9.16. The molecule has 0 saturated heterocycles. The molecule has 1 aromatic carbocycles. The third-order valence-electron chi connectivity index (χ3n) is 5.59. The molecule has 0 spiro atoms. The molecule has 0 aliphatic rings. The van der Waals surface area contributed by atoms with E-state index in [9.17, 15) is 36.2 Å². The van der Waals surface area contributed by atoms with Gasteiger partial charge < -0.3 is 25.9 Å². The number of nitrogens with two attached hydrogens (primary N) is 2. The molecule has 0 radical (unpaired) electrons. The van der Waals surface area contributed by atoms with Gasteiger partial charge in [0.05, 0.1) is 17.9 Å². The molecule has 7 N–H and O–H groups in total. The number of rotatable bonds is 15. The first kappa shape index (κ1) is 35.2. The second-order valence-corrected chi connectivity index (χ2v) is 11.6. The maximum atomic E-state index is 14.6. The zero-order valence-corrected chi connectivity index (χ0v) is 25.5. The van der Waals surface area contributed by atoms with Crippen molar-refractivity contribution in [1.29, 1.82) is 0 Å². The number of hydrazine groups is 1. The van der Waals surface area contributed by atoms with E-state index in [2.05, 4.69) is 30.6 Å². The lowest BCUT2D eigenvalue weighted by Crippen LogP contribution is -2.38. The summed E-state index contributed by atoms with van der Waals surface area (Å²) in [6.45, 7) is -0.373. The number of aliphatic hydroxyl groups excluding tert-OH is 1. The van der Waals surface area contributed by atoms with Crippen LogP contribution in [-0.2, 0) is 23.4 Å². The van der Waals surface area contributed by atoms with E-state index in [1.54, 1.807) is 0 Å². The van der Waals surface area contributed by atoms with Crippen molar-refractivity contribution in [3.8, 4) is 5.75 Å². The number of alkyl halides is 7. The molecule has 44 heavy (non-hydrogen) atoms. The molecule has 240 valence electrons. The van der Waals surface area contributed by atoms with E-state index in [0.717, 1.165) is 63.5 Å². The normalized spacial score (nSPS) is 13.8. The van der Waals surface area contributed by atoms with Crippen molar-refractivity contribution in [1.82, 2.24) is 30.8 Å². The van der Waals surface area contributed by atoms with Crippen LogP contribution < -0.4 is 26.9 Å². The Morgan fingerprint density at radius 3 is 2.59 bits per heavy atom. The highest BCUT2D eigenvalue weighted by Gasteiger charge is 2.31. The van der Waals surface area contributed by atoms with Crippen LogP contribution in [0.15, 0.2) is 54.5 Å². The third kappa shape index (κ3) is 12.0. The summed E-state index contributed by atoms with van der Waals surface area (Å²) < 4.78 is 79.1. The van der Waals surface area contributed by atoms with Gasteiger partial charge in [-0.2, -0.15) is 8.78 Å². The number of pyridine rings is 1. The van der Waals surface area contributed by atoms with E-state index < -0.39 is 34.3 Å². The smallest absolute Gasteiger partial charge is 0.406 e. The molecule has 0 aliphatic heterocycles. The van der Waals surface area contributed by atoms with Gasteiger partial charge in [0, 0.05) is 60.1 Å². The molecule has 19 heteroatoms. The number of ether oxygens (including phenoxy) is 1. The number of nitrogens with one attached hydrogen (secondary N) is 2. The fourth-order valence-corrected chi connectivity index (χ4v) is 4.58. The molecule has 2 heterocycles. The number of halogens is 7. The zero-order valence-electron chi connectivity index (χ0n) is 22.6. The molecule has 0 fully saturated rings. The SMILES string of the molecule is N/C(=C\N(N)CC(F)CCc1nnc(C(=O)NCc2cccc(OC(F)(F)F)c2)s1)C(O)NCc1ccc(C(F)(F)I)cn1. The first-order valence-corrected chi connectivity index (χ1v) is 14.5. The van der Waals surface area contributed by atoms with Crippen LogP contribution in [0.5, 0.6) is 5.75 Å². The second kappa shape index (κ2) is 15.6. The standard InChI is InChI=1S/C25H27F6IN8O3S/c26-16(12-40(34)13-19(33)21(41)37-11-17-6-4-15(10-35-17)24(27,28)32)5-7-20-38-39-23(44-20)22(42)36-9-14-2-1-3-18(8-14)43-25(29,30)31/h1-4,6,8,10,13,16,21,37,41H,5,7,9,11-12,33-34H2,(H,36,42)/b19-13-. The van der Waals surface area contributed by atoms with E-state index in [0.29, 0.717) is 16.3 Å². The Bertz CT molecular complexity index is 1410. The monoisotopic (exact) mass is 760 g/mol. The summed E-state index contributed by atoms with van der Waals surface area (Å²) in [5.41, 5.74) is 6.15. The fourth-order valence-electron chi connectivity index (χ4n) is 3.49. The Morgan fingerprint density at radius 1 is 1.18 bits per heavy atom. The van der Waals surface area contributed by atoms with Crippen molar-refractivity contribution in [2.75, 3.05) is 6.54 Å². The maximum Gasteiger partial charge on any atom is 0.573 e. The molecule has 2 atom stereocenters. The topological polar surface area (TPSA) is 165 Å². The van der Waals surface area contributed by atoms with Crippen molar-refractivity contribution >= 4 is 39.8 Å². The summed E-state index contributed by atoms with van der Waals surface area (Å²) in [6.07, 6.45) is -5.40. The van der Waals surface area contributed by atoms with Gasteiger partial charge in [-0.05, 0) is 36.2 Å². The van der Waals surface area contributed by atoms with Crippen molar-refractivity contribution in [3.05, 3.63) is 81.3 Å². The minimum Gasteiger partial charge on any atom is -0.406 e. The van der Waals surface area contributed by atoms with E-state index in [1.165, 1.54) is 24.3 Å². The molecule has 0 saturated carbocycles. The lowest BCUT2D eigenvalue weighted by atomic mass is 10.2. The van der Waals surface area contributed by atoms with Crippen LogP contribution in [0.4, 0.5) is 26.3 Å². The van der Waals surface area contributed by atoms with E-state index >= 15 is 0 Å². The average molecular weight is 761 g/mol. The Balaban J connectivity index is 1.40. The molecule has 0 bridgehead atoms. The number of carbonyl (C=O) groups excluding carboxylic acids is 1. The zero-order chi connectivity index (χ0) is 32.5. The minimum absolute atomic E-state index is 0.00504. The number of amides is 1. The van der Waals surface area contributed by atoms with Crippen molar-refractivity contribution in [3.63, 3.8) is 0 Å². The Hall–Kier alpha value is -3.27. The van der Waals surface area contributed by atoms with Crippen LogP contribution in [0.1, 0.15) is 38.1 Å². The molecule has 2 unspecified atom stereocenters. The summed E-state index contributed by atoms with van der Waals surface area (Å²) in [5, 5.41) is 24.3. The first-order valence-electron chi connectivity index (χ1n) is 12.6. The van der Waals surface area contributed by atoms with Gasteiger partial charge in [0.1, 0.15) is 23.2 Å². The molecular formula is C25H27F6IN8O3S. The molecule has 2 aromatic heterocycles. The number of benzene rings is 1. The number of aromatic nitrogens is 3. The highest BCUT2D eigenvalue weighted by atomic mass is 127. The van der Waals surface area contributed by atoms with Crippen LogP contribution >= 0.6 is 33.9 Å². The number of hydrogen-bond donors (Lipinski definition) is 5. The number of hydrogen-bond acceptors (Lipinski definition) is 11. The van der Waals surface area contributed by atoms with Crippen LogP contribution in [0, 0.1) is 0 Å². The fraction of sp³-hybridized carbons (Fsp3) is 0.360. The summed E-state index contributed by atoms with van der Waals surface area (Å²) in [4.78, 5) is 16.3. The molecule has 0 aliphatic carbocycles. The number of aryl methyl sites for hydroxylation is 1. The molecule has 3 aromatic rings. The minimum atomic E-state index is -4.84. The Kier molecular flexibility index (Phi) is 12.5. The Morgan fingerprint density at radius 2 is 1.93 bits per heavy atom. The van der Waals surface area contributed by atoms with E-state index in [1.807, 2.05) is 0 Å². The summed E-state index contributed by atoms with van der Waals surface area (Å²) >= 11 is 1.92. The third-order valence-corrected chi connectivity index (χ3v) is 7.19. The number of aliphatic hydroxyl groups is 1. The Labute approximate surface area is 264 Å². The predicted molar refractivity (Wildman–Crippen MR) is 156 cm³/mol. The van der Waals surface area contributed by atoms with E-state index in [4.69, 9.17) is 11.6 Å². The lowest BCUT2D eigenvalue weighted by Gasteiger charge is -2.20. The van der Waals surface area contributed by atoms with Gasteiger partial charge in [-0.15, -0.1) is 23.4 Å². The summed E-state index contributed by atoms with van der Waals surface area (Å²) in [6, 6.07) is 7.72. The van der Waals surface area contributed by atoms with Crippen molar-refractivity contribution in [2.45, 2.75) is 48.6 Å². The molecule has 1 amide bonds. The van der Waals surface area contributed by atoms with Crippen LogP contribution in [-0.4, -0.2) is 56.5 Å². The van der Waals surface area contributed by atoms with Gasteiger partial charge in [0.15, 0.2) is 0 Å². The lowest BCUT2D eigenvalue weighted by molar-refractivity contribution is -0.274. The van der Waals surface area contributed by atoms with Crippen molar-refractivity contribution in [2.24, 2.45) is 11.6 Å². The summed E-state index contributed by atoms with van der Waals surface area (Å²) in [7, 11) is 0. The van der Waals surface area contributed by atoms with Gasteiger partial charge in [-0.1, -0.05) is 23.5 Å². The van der Waals surface area contributed by atoms with Gasteiger partial charge >= 0.3 is 10.3 Å². The van der Waals surface area contributed by atoms with Gasteiger partial charge in [0.25, 0.3) is 5.91 Å². The largest absolute Gasteiger partial charge is 0.573 e. The molecule has 3 rings (SSSR count).